The van der Waals surface area contributed by atoms with E-state index in [0.29, 0.717) is 0 Å². The standard InChI is InChI=1S/C13H12N2O/c1-9-8-14(2)13(16)12-7-10-5-3-4-6-11(10)15(9)12/h3-8H,1-2H3. The fourth-order valence-corrected chi connectivity index (χ4v) is 2.27. The molecule has 0 unspecified atom stereocenters. The van der Waals surface area contributed by atoms with Gasteiger partial charge in [-0.05, 0) is 19.1 Å². The van der Waals surface area contributed by atoms with Gasteiger partial charge in [0.15, 0.2) is 0 Å². The summed E-state index contributed by atoms with van der Waals surface area (Å²) in [6.07, 6.45) is 1.86. The molecular weight excluding hydrogens is 200 g/mol. The molecule has 16 heavy (non-hydrogen) atoms. The average molecular weight is 212 g/mol. The first-order chi connectivity index (χ1) is 7.68. The molecule has 3 rings (SSSR count). The van der Waals surface area contributed by atoms with E-state index in [-0.39, 0.29) is 5.56 Å². The van der Waals surface area contributed by atoms with E-state index in [9.17, 15) is 4.79 Å². The van der Waals surface area contributed by atoms with Gasteiger partial charge in [0.05, 0.1) is 5.52 Å². The molecule has 3 heteroatoms. The number of para-hydroxylation sites is 1. The van der Waals surface area contributed by atoms with Crippen LogP contribution in [0.25, 0.3) is 16.4 Å². The first kappa shape index (κ1) is 9.21. The van der Waals surface area contributed by atoms with Crippen molar-refractivity contribution in [1.29, 1.82) is 0 Å². The van der Waals surface area contributed by atoms with Gasteiger partial charge in [-0.15, -0.1) is 0 Å². The molecule has 3 nitrogen and oxygen atoms in total. The zero-order valence-electron chi connectivity index (χ0n) is 9.27. The minimum absolute atomic E-state index is 0.0433. The fraction of sp³-hybridized carbons (Fsp3) is 0.154. The smallest absolute Gasteiger partial charge is 0.274 e. The van der Waals surface area contributed by atoms with Crippen LogP contribution in [0.2, 0.25) is 0 Å². The highest BCUT2D eigenvalue weighted by Gasteiger charge is 2.08. The Morgan fingerprint density at radius 3 is 2.69 bits per heavy atom. The molecule has 0 spiro atoms. The lowest BCUT2D eigenvalue weighted by Crippen LogP contribution is -2.19. The Bertz CT molecular complexity index is 750. The molecule has 1 aromatic carbocycles. The molecular formula is C13H12N2O. The number of aryl methyl sites for hydroxylation is 2. The maximum Gasteiger partial charge on any atom is 0.274 e. The van der Waals surface area contributed by atoms with Gasteiger partial charge in [-0.3, -0.25) is 4.79 Å². The van der Waals surface area contributed by atoms with Crippen molar-refractivity contribution >= 4 is 16.4 Å². The predicted molar refractivity (Wildman–Crippen MR) is 64.9 cm³/mol. The molecule has 0 aliphatic heterocycles. The highest BCUT2D eigenvalue weighted by molar-refractivity contribution is 5.87. The van der Waals surface area contributed by atoms with E-state index < -0.39 is 0 Å². The van der Waals surface area contributed by atoms with E-state index in [1.807, 2.05) is 47.9 Å². The van der Waals surface area contributed by atoms with Crippen LogP contribution in [0.1, 0.15) is 5.69 Å². The lowest BCUT2D eigenvalue weighted by molar-refractivity contribution is 0.834. The lowest BCUT2D eigenvalue weighted by Gasteiger charge is -2.05. The van der Waals surface area contributed by atoms with Crippen molar-refractivity contribution in [3.63, 3.8) is 0 Å². The minimum Gasteiger partial charge on any atom is -0.315 e. The van der Waals surface area contributed by atoms with Crippen LogP contribution in [0.3, 0.4) is 0 Å². The maximum atomic E-state index is 12.0. The van der Waals surface area contributed by atoms with Gasteiger partial charge in [-0.2, -0.15) is 0 Å². The molecule has 0 aliphatic rings. The van der Waals surface area contributed by atoms with Crippen molar-refractivity contribution < 1.29 is 0 Å². The molecule has 0 N–H and O–H groups in total. The summed E-state index contributed by atoms with van der Waals surface area (Å²) in [5, 5.41) is 1.11. The van der Waals surface area contributed by atoms with E-state index in [1.54, 1.807) is 11.6 Å². The van der Waals surface area contributed by atoms with Crippen LogP contribution in [0, 0.1) is 6.92 Å². The van der Waals surface area contributed by atoms with Crippen LogP contribution in [0.15, 0.2) is 41.3 Å². The summed E-state index contributed by atoms with van der Waals surface area (Å²) in [6.45, 7) is 2.01. The molecule has 0 fully saturated rings. The molecule has 0 aliphatic carbocycles. The summed E-state index contributed by atoms with van der Waals surface area (Å²) in [4.78, 5) is 12.0. The molecule has 2 heterocycles. The number of fused-ring (bicyclic) bond motifs is 3. The van der Waals surface area contributed by atoms with Gasteiger partial charge in [0.2, 0.25) is 0 Å². The minimum atomic E-state index is 0.0433. The molecule has 0 radical (unpaired) electrons. The molecule has 80 valence electrons. The van der Waals surface area contributed by atoms with E-state index in [0.717, 1.165) is 22.1 Å². The second kappa shape index (κ2) is 2.98. The van der Waals surface area contributed by atoms with Gasteiger partial charge in [0.1, 0.15) is 5.52 Å². The second-order valence-electron chi connectivity index (χ2n) is 4.11. The quantitative estimate of drug-likeness (QED) is 0.560. The molecule has 0 bridgehead atoms. The Balaban J connectivity index is 2.70. The van der Waals surface area contributed by atoms with Crippen LogP contribution in [-0.4, -0.2) is 8.97 Å². The average Bonchev–Trinajstić information content (AvgIpc) is 2.65. The highest BCUT2D eigenvalue weighted by Crippen LogP contribution is 2.19. The van der Waals surface area contributed by atoms with E-state index in [4.69, 9.17) is 0 Å². The number of benzene rings is 1. The highest BCUT2D eigenvalue weighted by atomic mass is 16.1. The van der Waals surface area contributed by atoms with Crippen molar-refractivity contribution in [3.8, 4) is 0 Å². The van der Waals surface area contributed by atoms with Crippen LogP contribution in [0.5, 0.6) is 0 Å². The van der Waals surface area contributed by atoms with E-state index >= 15 is 0 Å². The van der Waals surface area contributed by atoms with Gasteiger partial charge in [-0.25, -0.2) is 0 Å². The van der Waals surface area contributed by atoms with E-state index in [2.05, 4.69) is 0 Å². The third-order valence-electron chi connectivity index (χ3n) is 2.98. The third kappa shape index (κ3) is 1.05. The molecule has 2 aromatic heterocycles. The van der Waals surface area contributed by atoms with Crippen molar-refractivity contribution in [2.75, 3.05) is 0 Å². The summed E-state index contributed by atoms with van der Waals surface area (Å²) < 4.78 is 3.64. The van der Waals surface area contributed by atoms with Gasteiger partial charge >= 0.3 is 0 Å². The Morgan fingerprint density at radius 2 is 1.88 bits per heavy atom. The van der Waals surface area contributed by atoms with Crippen LogP contribution in [0.4, 0.5) is 0 Å². The van der Waals surface area contributed by atoms with Crippen molar-refractivity contribution in [2.24, 2.45) is 7.05 Å². The SMILES string of the molecule is Cc1cn(C)c(=O)c2cc3ccccc3n12. The van der Waals surface area contributed by atoms with Crippen LogP contribution < -0.4 is 5.56 Å². The zero-order chi connectivity index (χ0) is 11.3. The number of hydrogen-bond acceptors (Lipinski definition) is 1. The fourth-order valence-electron chi connectivity index (χ4n) is 2.27. The zero-order valence-corrected chi connectivity index (χ0v) is 9.27. The van der Waals surface area contributed by atoms with Crippen LogP contribution >= 0.6 is 0 Å². The van der Waals surface area contributed by atoms with Crippen molar-refractivity contribution in [3.05, 3.63) is 52.6 Å². The summed E-state index contributed by atoms with van der Waals surface area (Å²) in [5.41, 5.74) is 2.94. The normalized spacial score (nSPS) is 11.4. The number of aromatic nitrogens is 2. The van der Waals surface area contributed by atoms with Gasteiger partial charge in [0.25, 0.3) is 5.56 Å². The maximum absolute atomic E-state index is 12.0. The predicted octanol–water partition coefficient (Wildman–Crippen LogP) is 2.10. The molecule has 0 atom stereocenters. The Labute approximate surface area is 92.6 Å². The summed E-state index contributed by atoms with van der Waals surface area (Å²) >= 11 is 0. The lowest BCUT2D eigenvalue weighted by atomic mass is 10.2. The van der Waals surface area contributed by atoms with Crippen molar-refractivity contribution in [1.82, 2.24) is 8.97 Å². The molecule has 0 saturated carbocycles. The van der Waals surface area contributed by atoms with E-state index in [1.165, 1.54) is 0 Å². The van der Waals surface area contributed by atoms with Crippen molar-refractivity contribution in [2.45, 2.75) is 6.92 Å². The first-order valence-electron chi connectivity index (χ1n) is 5.25. The Morgan fingerprint density at radius 1 is 1.12 bits per heavy atom. The topological polar surface area (TPSA) is 26.4 Å². The summed E-state index contributed by atoms with van der Waals surface area (Å²) in [6, 6.07) is 9.99. The second-order valence-corrected chi connectivity index (χ2v) is 4.11. The number of rotatable bonds is 0. The first-order valence-corrected chi connectivity index (χ1v) is 5.25. The Kier molecular flexibility index (Phi) is 1.72. The summed E-state index contributed by atoms with van der Waals surface area (Å²) in [7, 11) is 1.78. The number of nitrogens with zero attached hydrogens (tertiary/aromatic N) is 2. The summed E-state index contributed by atoms with van der Waals surface area (Å²) in [5.74, 6) is 0. The third-order valence-corrected chi connectivity index (χ3v) is 2.98. The van der Waals surface area contributed by atoms with Gasteiger partial charge < -0.3 is 8.97 Å². The van der Waals surface area contributed by atoms with Gasteiger partial charge in [0, 0.05) is 24.3 Å². The van der Waals surface area contributed by atoms with Crippen LogP contribution in [-0.2, 0) is 7.05 Å². The molecule has 3 aromatic rings. The largest absolute Gasteiger partial charge is 0.315 e. The molecule has 0 amide bonds. The molecule has 0 saturated heterocycles. The number of hydrogen-bond donors (Lipinski definition) is 0. The monoisotopic (exact) mass is 212 g/mol. The van der Waals surface area contributed by atoms with Gasteiger partial charge in [-0.1, -0.05) is 18.2 Å². The Hall–Kier alpha value is -2.03.